The van der Waals surface area contributed by atoms with E-state index < -0.39 is 22.1 Å². The molecule has 7 rings (SSSR count). The second-order valence-corrected chi connectivity index (χ2v) is 14.2. The van der Waals surface area contributed by atoms with Gasteiger partial charge in [-0.1, -0.05) is 36.4 Å². The Bertz CT molecular complexity index is 1970. The van der Waals surface area contributed by atoms with Gasteiger partial charge in [-0.25, -0.2) is 13.1 Å². The van der Waals surface area contributed by atoms with Crippen molar-refractivity contribution in [3.8, 4) is 5.75 Å². The molecule has 5 aromatic rings. The van der Waals surface area contributed by atoms with Gasteiger partial charge in [0.1, 0.15) is 5.75 Å². The minimum Gasteiger partial charge on any atom is -0.406 e. The highest BCUT2D eigenvalue weighted by atomic mass is 32.2. The number of fused-ring (bicyclic) bond motifs is 4. The van der Waals surface area contributed by atoms with Crippen LogP contribution in [0.4, 0.5) is 35.9 Å². The van der Waals surface area contributed by atoms with Gasteiger partial charge in [0.05, 0.1) is 27.7 Å². The Morgan fingerprint density at radius 3 is 1.69 bits per heavy atom. The molecule has 9 nitrogen and oxygen atoms in total. The molecule has 0 spiro atoms. The number of nitrogens with zero attached hydrogens (tertiary/aromatic N) is 4. The van der Waals surface area contributed by atoms with E-state index in [-0.39, 0.29) is 11.4 Å². The highest BCUT2D eigenvalue weighted by Gasteiger charge is 2.31. The van der Waals surface area contributed by atoms with Crippen LogP contribution in [-0.2, 0) is 35.7 Å². The van der Waals surface area contributed by atoms with Crippen LogP contribution in [0.3, 0.4) is 0 Å². The van der Waals surface area contributed by atoms with Crippen molar-refractivity contribution < 1.29 is 26.3 Å². The molecule has 0 radical (unpaired) electrons. The first-order valence-electron chi connectivity index (χ1n) is 17.3. The Balaban J connectivity index is 0.000000206. The highest BCUT2D eigenvalue weighted by molar-refractivity contribution is 7.89. The number of hydrogen-bond donors (Lipinski definition) is 2. The van der Waals surface area contributed by atoms with Gasteiger partial charge in [-0.15, -0.1) is 13.2 Å². The number of halogens is 3. The summed E-state index contributed by atoms with van der Waals surface area (Å²) >= 11 is 0. The molecule has 0 saturated carbocycles. The largest absolute Gasteiger partial charge is 0.573 e. The van der Waals surface area contributed by atoms with Crippen LogP contribution in [0.15, 0.2) is 114 Å². The lowest BCUT2D eigenvalue weighted by molar-refractivity contribution is -0.274. The van der Waals surface area contributed by atoms with Crippen molar-refractivity contribution in [2.24, 2.45) is 5.73 Å². The Hall–Kier alpha value is -4.98. The number of rotatable bonds is 10. The average molecular weight is 731 g/mol. The predicted molar refractivity (Wildman–Crippen MR) is 197 cm³/mol. The third kappa shape index (κ3) is 9.08. The van der Waals surface area contributed by atoms with Crippen molar-refractivity contribution in [1.29, 1.82) is 0 Å². The number of aromatic nitrogens is 2. The molecule has 52 heavy (non-hydrogen) atoms. The number of benzene rings is 3. The summed E-state index contributed by atoms with van der Waals surface area (Å²) in [7, 11) is -3.87. The van der Waals surface area contributed by atoms with Crippen molar-refractivity contribution >= 4 is 32.8 Å². The number of ether oxygens (including phenoxy) is 1. The van der Waals surface area contributed by atoms with E-state index in [1.54, 1.807) is 6.20 Å². The van der Waals surface area contributed by atoms with E-state index in [9.17, 15) is 21.6 Å². The molecule has 2 aliphatic rings. The summed E-state index contributed by atoms with van der Waals surface area (Å²) in [5, 5.41) is 0. The Labute approximate surface area is 302 Å². The van der Waals surface area contributed by atoms with Crippen LogP contribution >= 0.6 is 0 Å². The molecule has 3 aromatic carbocycles. The van der Waals surface area contributed by atoms with E-state index >= 15 is 0 Å². The topological polar surface area (TPSA) is 114 Å². The molecule has 0 bridgehead atoms. The van der Waals surface area contributed by atoms with Crippen molar-refractivity contribution in [2.75, 3.05) is 36.0 Å². The number of para-hydroxylation sites is 2. The van der Waals surface area contributed by atoms with Gasteiger partial charge in [0.2, 0.25) is 10.0 Å². The maximum absolute atomic E-state index is 12.5. The lowest BCUT2D eigenvalue weighted by Crippen LogP contribution is -2.28. The minimum atomic E-state index is -4.83. The fourth-order valence-corrected chi connectivity index (χ4v) is 7.63. The molecule has 2 aliphatic heterocycles. The predicted octanol–water partition coefficient (Wildman–Crippen LogP) is 7.25. The van der Waals surface area contributed by atoms with E-state index in [4.69, 9.17) is 5.73 Å². The quantitative estimate of drug-likeness (QED) is 0.145. The minimum absolute atomic E-state index is 0.133. The smallest absolute Gasteiger partial charge is 0.406 e. The standard InChI is InChI=1S/C23H22F3N3O3S.C16H19N3/c24-23(25,26)32-18-9-11-19(12-10-18)33(30,31)28-15-4-16-29-21-6-2-1-5-17(21)8-13-20-22(29)7-3-14-27-20;17-10-4-12-19-15-6-2-1-5-13(15)8-9-14-16(19)7-3-11-18-14/h1-3,5-7,9-12,14,28H,4,8,13,15-16H2;1-3,5-7,11H,4,8-10,12,17H2. The van der Waals surface area contributed by atoms with Gasteiger partial charge in [-0.3, -0.25) is 9.97 Å². The van der Waals surface area contributed by atoms with Gasteiger partial charge in [-0.2, -0.15) is 0 Å². The summed E-state index contributed by atoms with van der Waals surface area (Å²) in [5.74, 6) is -0.478. The molecule has 0 fully saturated rings. The summed E-state index contributed by atoms with van der Waals surface area (Å²) in [5.41, 5.74) is 15.1. The summed E-state index contributed by atoms with van der Waals surface area (Å²) in [6.45, 7) is 2.40. The molecule has 0 saturated heterocycles. The molecule has 0 unspecified atom stereocenters. The maximum atomic E-state index is 12.5. The summed E-state index contributed by atoms with van der Waals surface area (Å²) in [6, 6.07) is 28.9. The first-order valence-corrected chi connectivity index (χ1v) is 18.8. The van der Waals surface area contributed by atoms with Crippen molar-refractivity contribution in [3.05, 3.63) is 132 Å². The van der Waals surface area contributed by atoms with E-state index in [0.717, 1.165) is 80.0 Å². The van der Waals surface area contributed by atoms with Gasteiger partial charge >= 0.3 is 6.36 Å². The Morgan fingerprint density at radius 2 is 1.17 bits per heavy atom. The van der Waals surface area contributed by atoms with Gasteiger partial charge in [0.25, 0.3) is 0 Å². The van der Waals surface area contributed by atoms with Crippen molar-refractivity contribution in [1.82, 2.24) is 14.7 Å². The zero-order valence-electron chi connectivity index (χ0n) is 28.6. The third-order valence-corrected chi connectivity index (χ3v) is 10.4. The molecule has 4 heterocycles. The normalized spacial score (nSPS) is 13.7. The molecule has 3 N–H and O–H groups in total. The molecule has 13 heteroatoms. The number of hydrogen-bond acceptors (Lipinski definition) is 8. The van der Waals surface area contributed by atoms with Gasteiger partial charge < -0.3 is 20.3 Å². The SMILES string of the molecule is NCCCN1c2ccccc2CCc2ncccc21.O=S(=O)(NCCCN1c2ccccc2CCc2ncccc21)c1ccc(OC(F)(F)F)cc1. The summed E-state index contributed by atoms with van der Waals surface area (Å²) in [6.07, 6.45) is 4.08. The molecular weight excluding hydrogens is 690 g/mol. The average Bonchev–Trinajstić information content (AvgIpc) is 3.40. The number of anilines is 4. The first-order chi connectivity index (χ1) is 25.1. The highest BCUT2D eigenvalue weighted by Crippen LogP contribution is 2.36. The number of sulfonamides is 1. The van der Waals surface area contributed by atoms with Crippen molar-refractivity contribution in [2.45, 2.75) is 49.8 Å². The summed E-state index contributed by atoms with van der Waals surface area (Å²) in [4.78, 5) is 13.5. The van der Waals surface area contributed by atoms with Crippen LogP contribution in [0.25, 0.3) is 0 Å². The van der Waals surface area contributed by atoms with Gasteiger partial charge in [0.15, 0.2) is 0 Å². The number of nitrogens with two attached hydrogens (primary N) is 1. The second-order valence-electron chi connectivity index (χ2n) is 12.4. The maximum Gasteiger partial charge on any atom is 0.573 e. The molecule has 0 aliphatic carbocycles. The molecule has 0 atom stereocenters. The zero-order valence-corrected chi connectivity index (χ0v) is 29.4. The monoisotopic (exact) mass is 730 g/mol. The second kappa shape index (κ2) is 16.6. The molecule has 272 valence electrons. The lowest BCUT2D eigenvalue weighted by atomic mass is 10.1. The van der Waals surface area contributed by atoms with E-state index in [1.165, 1.54) is 28.2 Å². The Kier molecular flexibility index (Phi) is 11.7. The fraction of sp³-hybridized carbons (Fsp3) is 0.282. The van der Waals surface area contributed by atoms with Crippen LogP contribution in [-0.4, -0.2) is 50.9 Å². The van der Waals surface area contributed by atoms with Gasteiger partial charge in [-0.05, 0) is 117 Å². The van der Waals surface area contributed by atoms with Crippen molar-refractivity contribution in [3.63, 3.8) is 0 Å². The van der Waals surface area contributed by atoms with Crippen LogP contribution in [0.2, 0.25) is 0 Å². The number of alkyl halides is 3. The number of nitrogens with one attached hydrogen (secondary N) is 1. The Morgan fingerprint density at radius 1 is 0.673 bits per heavy atom. The van der Waals surface area contributed by atoms with Crippen LogP contribution in [0.1, 0.15) is 35.4 Å². The van der Waals surface area contributed by atoms with Crippen LogP contribution < -0.4 is 25.0 Å². The molecule has 0 amide bonds. The van der Waals surface area contributed by atoms with E-state index in [2.05, 4.69) is 65.6 Å². The molecular formula is C39H41F3N6O3S. The first kappa shape index (κ1) is 36.8. The van der Waals surface area contributed by atoms with Crippen LogP contribution in [0.5, 0.6) is 5.75 Å². The third-order valence-electron chi connectivity index (χ3n) is 8.95. The molecule has 2 aromatic heterocycles. The van der Waals surface area contributed by atoms with Gasteiger partial charge in [0, 0.05) is 43.4 Å². The zero-order chi connectivity index (χ0) is 36.6. The lowest BCUT2D eigenvalue weighted by Gasteiger charge is -2.26. The van der Waals surface area contributed by atoms with E-state index in [1.807, 2.05) is 42.6 Å². The summed E-state index contributed by atoms with van der Waals surface area (Å²) < 4.78 is 68.2. The fourth-order valence-electron chi connectivity index (χ4n) is 6.55. The number of pyridine rings is 2. The number of aryl methyl sites for hydroxylation is 4. The van der Waals surface area contributed by atoms with Crippen LogP contribution in [0, 0.1) is 0 Å². The van der Waals surface area contributed by atoms with E-state index in [0.29, 0.717) is 19.5 Å².